The summed E-state index contributed by atoms with van der Waals surface area (Å²) in [7, 11) is 1.25. The molecule has 1 atom stereocenters. The normalized spacial score (nSPS) is 11.6. The van der Waals surface area contributed by atoms with Crippen LogP contribution in [-0.4, -0.2) is 30.2 Å². The lowest BCUT2D eigenvalue weighted by Crippen LogP contribution is -2.34. The van der Waals surface area contributed by atoms with Crippen molar-refractivity contribution in [2.24, 2.45) is 0 Å². The van der Waals surface area contributed by atoms with E-state index in [0.29, 0.717) is 6.61 Å². The van der Waals surface area contributed by atoms with E-state index in [1.165, 1.54) is 30.9 Å². The van der Waals surface area contributed by atoms with Gasteiger partial charge in [-0.3, -0.25) is 14.2 Å². The third-order valence-corrected chi connectivity index (χ3v) is 3.48. The molecule has 1 amide bonds. The van der Waals surface area contributed by atoms with Crippen molar-refractivity contribution in [2.45, 2.75) is 19.6 Å². The first-order valence-electron chi connectivity index (χ1n) is 7.71. The fourth-order valence-electron chi connectivity index (χ4n) is 2.30. The van der Waals surface area contributed by atoms with E-state index in [4.69, 9.17) is 9.47 Å². The molecule has 0 aliphatic carbocycles. The van der Waals surface area contributed by atoms with Crippen LogP contribution in [-0.2, 0) is 25.7 Å². The zero-order valence-electron chi connectivity index (χ0n) is 14.1. The number of nitrogens with zero attached hydrogens (tertiary/aromatic N) is 1. The Balaban J connectivity index is 2.18. The van der Waals surface area contributed by atoms with Crippen molar-refractivity contribution in [2.75, 3.05) is 19.0 Å². The van der Waals surface area contributed by atoms with Gasteiger partial charge in [-0.25, -0.2) is 4.79 Å². The highest BCUT2D eigenvalue weighted by atomic mass is 16.5. The molecular formula is C18H20N2O5. The van der Waals surface area contributed by atoms with Gasteiger partial charge in [0.15, 0.2) is 6.04 Å². The predicted octanol–water partition coefficient (Wildman–Crippen LogP) is 1.74. The van der Waals surface area contributed by atoms with Crippen LogP contribution in [0.15, 0.2) is 53.5 Å². The molecule has 7 heteroatoms. The zero-order valence-corrected chi connectivity index (χ0v) is 14.1. The van der Waals surface area contributed by atoms with E-state index < -0.39 is 17.6 Å². The topological polar surface area (TPSA) is 86.6 Å². The lowest BCUT2D eigenvalue weighted by Gasteiger charge is -2.18. The second-order valence-corrected chi connectivity index (χ2v) is 5.36. The summed E-state index contributed by atoms with van der Waals surface area (Å²) < 4.78 is 11.6. The van der Waals surface area contributed by atoms with Crippen LogP contribution in [0.1, 0.15) is 18.5 Å². The number of pyridine rings is 1. The fraction of sp³-hybridized carbons (Fsp3) is 0.278. The van der Waals surface area contributed by atoms with Crippen molar-refractivity contribution in [1.29, 1.82) is 0 Å². The molecule has 2 aromatic rings. The van der Waals surface area contributed by atoms with Crippen LogP contribution in [0.4, 0.5) is 5.69 Å². The summed E-state index contributed by atoms with van der Waals surface area (Å²) in [6.45, 7) is 1.57. The highest BCUT2D eigenvalue weighted by Crippen LogP contribution is 2.11. The minimum absolute atomic E-state index is 0.0367. The molecule has 0 unspecified atom stereocenters. The van der Waals surface area contributed by atoms with Crippen LogP contribution < -0.4 is 10.9 Å². The van der Waals surface area contributed by atoms with Crippen molar-refractivity contribution in [3.05, 3.63) is 64.6 Å². The summed E-state index contributed by atoms with van der Waals surface area (Å²) in [4.78, 5) is 35.8. The maximum atomic E-state index is 12.5. The molecule has 1 aromatic heterocycles. The summed E-state index contributed by atoms with van der Waals surface area (Å²) in [5, 5.41) is 2.44. The molecule has 1 heterocycles. The first-order chi connectivity index (χ1) is 12.0. The van der Waals surface area contributed by atoms with Gasteiger partial charge in [-0.1, -0.05) is 30.3 Å². The van der Waals surface area contributed by atoms with Gasteiger partial charge in [0.05, 0.1) is 20.3 Å². The molecule has 0 fully saturated rings. The lowest BCUT2D eigenvalue weighted by atomic mass is 10.2. The number of esters is 1. The smallest absolute Gasteiger partial charge is 0.331 e. The Morgan fingerprint density at radius 1 is 1.16 bits per heavy atom. The average Bonchev–Trinajstić information content (AvgIpc) is 2.61. The van der Waals surface area contributed by atoms with Gasteiger partial charge >= 0.3 is 5.97 Å². The third kappa shape index (κ3) is 5.02. The van der Waals surface area contributed by atoms with E-state index in [1.807, 2.05) is 30.3 Å². The predicted molar refractivity (Wildman–Crippen MR) is 92.2 cm³/mol. The number of nitrogens with one attached hydrogen (secondary N) is 1. The Labute approximate surface area is 145 Å². The molecule has 0 radical (unpaired) electrons. The number of carbonyl (C=O) groups excluding carboxylic acids is 2. The Kier molecular flexibility index (Phi) is 6.47. The van der Waals surface area contributed by atoms with Gasteiger partial charge in [-0.2, -0.15) is 0 Å². The van der Waals surface area contributed by atoms with E-state index in [1.54, 1.807) is 6.07 Å². The lowest BCUT2D eigenvalue weighted by molar-refractivity contribution is -0.146. The van der Waals surface area contributed by atoms with Gasteiger partial charge in [0.25, 0.3) is 5.56 Å². The minimum Gasteiger partial charge on any atom is -0.467 e. The summed E-state index contributed by atoms with van der Waals surface area (Å²) in [6.07, 6.45) is 1.46. The molecule has 0 aliphatic heterocycles. The Morgan fingerprint density at radius 2 is 1.88 bits per heavy atom. The molecule has 0 aliphatic rings. The van der Waals surface area contributed by atoms with Crippen molar-refractivity contribution < 1.29 is 19.1 Å². The van der Waals surface area contributed by atoms with Crippen molar-refractivity contribution in [3.8, 4) is 0 Å². The number of ether oxygens (including phenoxy) is 2. The average molecular weight is 344 g/mol. The van der Waals surface area contributed by atoms with E-state index in [2.05, 4.69) is 5.32 Å². The van der Waals surface area contributed by atoms with E-state index >= 15 is 0 Å². The molecule has 132 valence electrons. The van der Waals surface area contributed by atoms with Gasteiger partial charge in [0, 0.05) is 13.1 Å². The summed E-state index contributed by atoms with van der Waals surface area (Å²) >= 11 is 0. The first kappa shape index (κ1) is 18.4. The monoisotopic (exact) mass is 344 g/mol. The molecule has 25 heavy (non-hydrogen) atoms. The summed E-state index contributed by atoms with van der Waals surface area (Å²) in [5.41, 5.74) is 0.536. The third-order valence-electron chi connectivity index (χ3n) is 3.48. The van der Waals surface area contributed by atoms with Crippen LogP contribution in [0.3, 0.4) is 0 Å². The van der Waals surface area contributed by atoms with Crippen molar-refractivity contribution >= 4 is 17.6 Å². The minimum atomic E-state index is -0.949. The maximum Gasteiger partial charge on any atom is 0.331 e. The molecule has 0 spiro atoms. The fourth-order valence-corrected chi connectivity index (χ4v) is 2.30. The Morgan fingerprint density at radius 3 is 2.52 bits per heavy atom. The number of benzene rings is 1. The molecular weight excluding hydrogens is 324 g/mol. The van der Waals surface area contributed by atoms with Crippen LogP contribution >= 0.6 is 0 Å². The van der Waals surface area contributed by atoms with Crippen LogP contribution in [0, 0.1) is 0 Å². The molecule has 1 aromatic carbocycles. The van der Waals surface area contributed by atoms with Gasteiger partial charge in [-0.05, 0) is 17.7 Å². The van der Waals surface area contributed by atoms with Crippen LogP contribution in [0.25, 0.3) is 0 Å². The summed E-state index contributed by atoms with van der Waals surface area (Å²) in [5.74, 6) is -0.972. The van der Waals surface area contributed by atoms with Crippen molar-refractivity contribution in [1.82, 2.24) is 4.57 Å². The zero-order chi connectivity index (χ0) is 18.2. The van der Waals surface area contributed by atoms with Crippen LogP contribution in [0.2, 0.25) is 0 Å². The van der Waals surface area contributed by atoms with E-state index in [0.717, 1.165) is 5.56 Å². The second-order valence-electron chi connectivity index (χ2n) is 5.36. The van der Waals surface area contributed by atoms with Gasteiger partial charge in [0.2, 0.25) is 5.91 Å². The van der Waals surface area contributed by atoms with Crippen LogP contribution in [0.5, 0.6) is 0 Å². The van der Waals surface area contributed by atoms with Gasteiger partial charge in [0.1, 0.15) is 5.69 Å². The molecule has 0 saturated carbocycles. The molecule has 2 rings (SSSR count). The SMILES string of the molecule is COC(=O)[C@@H](COCc1ccccc1)n1cccc(NC(C)=O)c1=O. The van der Waals surface area contributed by atoms with Crippen molar-refractivity contribution in [3.63, 3.8) is 0 Å². The van der Waals surface area contributed by atoms with Gasteiger partial charge < -0.3 is 14.8 Å². The number of aromatic nitrogens is 1. The number of methoxy groups -OCH3 is 1. The number of hydrogen-bond donors (Lipinski definition) is 1. The number of rotatable bonds is 7. The second kappa shape index (κ2) is 8.79. The number of carbonyl (C=O) groups is 2. The van der Waals surface area contributed by atoms with E-state index in [9.17, 15) is 14.4 Å². The largest absolute Gasteiger partial charge is 0.467 e. The Bertz CT molecular complexity index is 786. The van der Waals surface area contributed by atoms with E-state index in [-0.39, 0.29) is 18.2 Å². The molecule has 7 nitrogen and oxygen atoms in total. The number of hydrogen-bond acceptors (Lipinski definition) is 5. The highest BCUT2D eigenvalue weighted by Gasteiger charge is 2.23. The first-order valence-corrected chi connectivity index (χ1v) is 7.71. The number of amides is 1. The standard InChI is InChI=1S/C18H20N2O5/c1-13(21)19-15-9-6-10-20(17(15)22)16(18(23)24-2)12-25-11-14-7-4-3-5-8-14/h3-10,16H,11-12H2,1-2H3,(H,19,21)/t16-/m1/s1. The maximum absolute atomic E-state index is 12.5. The quantitative estimate of drug-likeness (QED) is 0.773. The number of anilines is 1. The highest BCUT2D eigenvalue weighted by molar-refractivity contribution is 5.88. The molecule has 0 bridgehead atoms. The molecule has 1 N–H and O–H groups in total. The Hall–Kier alpha value is -2.93. The van der Waals surface area contributed by atoms with Gasteiger partial charge in [-0.15, -0.1) is 0 Å². The molecule has 0 saturated heterocycles. The summed E-state index contributed by atoms with van der Waals surface area (Å²) in [6, 6.07) is 11.6.